The average molecular weight is 586 g/mol. The number of hydrogen-bond acceptors (Lipinski definition) is 4. The van der Waals surface area contributed by atoms with Crippen molar-refractivity contribution >= 4 is 27.5 Å². The van der Waals surface area contributed by atoms with Gasteiger partial charge in [-0.1, -0.05) is 49.4 Å². The van der Waals surface area contributed by atoms with E-state index >= 15 is 0 Å². The van der Waals surface area contributed by atoms with Gasteiger partial charge in [-0.2, -0.15) is 0 Å². The number of halogens is 2. The summed E-state index contributed by atoms with van der Waals surface area (Å²) in [5.74, 6) is -1.55. The molecule has 0 radical (unpaired) electrons. The van der Waals surface area contributed by atoms with E-state index in [9.17, 15) is 26.8 Å². The lowest BCUT2D eigenvalue weighted by Crippen LogP contribution is -2.52. The van der Waals surface area contributed by atoms with Crippen molar-refractivity contribution in [3.8, 4) is 0 Å². The number of amides is 2. The molecule has 3 aromatic carbocycles. The molecule has 0 heterocycles. The standard InChI is InChI=1S/C31H37F2N3O4S/c1-4-23(2)34-31(38)29(21-24-9-6-5-7-10-24)35(22-25-12-14-26(32)15-13-25)30(37)11-8-20-36(41(3,39)40)28-18-16-27(33)17-19-28/h5-7,9-10,12-19,23,29H,4,8,11,20-22H2,1-3H3,(H,34,38)/t23-,29-/m0/s1. The van der Waals surface area contributed by atoms with E-state index in [1.54, 1.807) is 12.1 Å². The van der Waals surface area contributed by atoms with Gasteiger partial charge >= 0.3 is 0 Å². The molecule has 0 aromatic heterocycles. The van der Waals surface area contributed by atoms with Crippen LogP contribution in [0.25, 0.3) is 0 Å². The molecule has 0 aliphatic rings. The molecular formula is C31H37F2N3O4S. The van der Waals surface area contributed by atoms with Crippen molar-refractivity contribution in [3.05, 3.63) is 102 Å². The summed E-state index contributed by atoms with van der Waals surface area (Å²) in [6.07, 6.45) is 2.14. The van der Waals surface area contributed by atoms with E-state index in [4.69, 9.17) is 0 Å². The molecule has 2 amide bonds. The van der Waals surface area contributed by atoms with Crippen LogP contribution in [-0.4, -0.2) is 50.0 Å². The summed E-state index contributed by atoms with van der Waals surface area (Å²) in [7, 11) is -3.70. The van der Waals surface area contributed by atoms with E-state index in [0.717, 1.165) is 16.1 Å². The Morgan fingerprint density at radius 2 is 1.46 bits per heavy atom. The third-order valence-corrected chi connectivity index (χ3v) is 8.00. The Hall–Kier alpha value is -3.79. The maximum atomic E-state index is 13.8. The van der Waals surface area contributed by atoms with Crippen molar-refractivity contribution in [1.29, 1.82) is 0 Å². The molecule has 3 rings (SSSR count). The van der Waals surface area contributed by atoms with Gasteiger partial charge in [0.05, 0.1) is 11.9 Å². The topological polar surface area (TPSA) is 86.8 Å². The summed E-state index contributed by atoms with van der Waals surface area (Å²) in [5, 5.41) is 2.99. The van der Waals surface area contributed by atoms with Gasteiger partial charge in [0, 0.05) is 32.0 Å². The molecule has 0 fully saturated rings. The Kier molecular flexibility index (Phi) is 11.4. The van der Waals surface area contributed by atoms with Crippen LogP contribution in [-0.2, 0) is 32.6 Å². The van der Waals surface area contributed by atoms with Crippen molar-refractivity contribution in [2.75, 3.05) is 17.1 Å². The number of hydrogen-bond donors (Lipinski definition) is 1. The fourth-order valence-electron chi connectivity index (χ4n) is 4.39. The van der Waals surface area contributed by atoms with Gasteiger partial charge < -0.3 is 10.2 Å². The number of carbonyl (C=O) groups excluding carboxylic acids is 2. The van der Waals surface area contributed by atoms with E-state index in [-0.39, 0.29) is 50.2 Å². The summed E-state index contributed by atoms with van der Waals surface area (Å²) in [6, 6.07) is 19.2. The number of nitrogens with one attached hydrogen (secondary N) is 1. The molecule has 0 unspecified atom stereocenters. The lowest BCUT2D eigenvalue weighted by atomic mass is 10.0. The Morgan fingerprint density at radius 3 is 2.02 bits per heavy atom. The lowest BCUT2D eigenvalue weighted by Gasteiger charge is -2.32. The van der Waals surface area contributed by atoms with E-state index in [1.165, 1.54) is 41.3 Å². The first-order chi connectivity index (χ1) is 19.5. The van der Waals surface area contributed by atoms with Gasteiger partial charge in [-0.3, -0.25) is 13.9 Å². The van der Waals surface area contributed by atoms with E-state index in [2.05, 4.69) is 5.32 Å². The second kappa shape index (κ2) is 14.7. The van der Waals surface area contributed by atoms with Crippen LogP contribution in [0.3, 0.4) is 0 Å². The van der Waals surface area contributed by atoms with Crippen molar-refractivity contribution < 1.29 is 26.8 Å². The minimum absolute atomic E-state index is 0.0109. The summed E-state index contributed by atoms with van der Waals surface area (Å²) in [5.41, 5.74) is 1.81. The van der Waals surface area contributed by atoms with Crippen LogP contribution in [0.1, 0.15) is 44.2 Å². The summed E-state index contributed by atoms with van der Waals surface area (Å²) < 4.78 is 53.1. The summed E-state index contributed by atoms with van der Waals surface area (Å²) in [6.45, 7) is 3.90. The monoisotopic (exact) mass is 585 g/mol. The highest BCUT2D eigenvalue weighted by molar-refractivity contribution is 7.92. The van der Waals surface area contributed by atoms with Crippen LogP contribution < -0.4 is 9.62 Å². The predicted molar refractivity (Wildman–Crippen MR) is 157 cm³/mol. The minimum atomic E-state index is -3.70. The third-order valence-electron chi connectivity index (χ3n) is 6.81. The Bertz CT molecular complexity index is 1390. The number of benzene rings is 3. The predicted octanol–water partition coefficient (Wildman–Crippen LogP) is 5.07. The van der Waals surface area contributed by atoms with Gasteiger partial charge in [0.1, 0.15) is 17.7 Å². The first kappa shape index (κ1) is 31.7. The molecule has 2 atom stereocenters. The van der Waals surface area contributed by atoms with E-state index in [1.807, 2.05) is 44.2 Å². The zero-order valence-electron chi connectivity index (χ0n) is 23.6. The maximum Gasteiger partial charge on any atom is 0.243 e. The molecule has 0 aliphatic heterocycles. The first-order valence-electron chi connectivity index (χ1n) is 13.6. The van der Waals surface area contributed by atoms with Gasteiger partial charge in [-0.05, 0) is 67.3 Å². The first-order valence-corrected chi connectivity index (χ1v) is 15.4. The molecule has 0 aliphatic carbocycles. The molecule has 7 nitrogen and oxygen atoms in total. The SMILES string of the molecule is CC[C@H](C)NC(=O)[C@H](Cc1ccccc1)N(Cc1ccc(F)cc1)C(=O)CCCN(c1ccc(F)cc1)S(C)(=O)=O. The molecule has 0 bridgehead atoms. The van der Waals surface area contributed by atoms with E-state index < -0.39 is 27.7 Å². The maximum absolute atomic E-state index is 13.8. The van der Waals surface area contributed by atoms with Crippen molar-refractivity contribution in [1.82, 2.24) is 10.2 Å². The summed E-state index contributed by atoms with van der Waals surface area (Å²) in [4.78, 5) is 28.8. The van der Waals surface area contributed by atoms with Crippen molar-refractivity contribution in [3.63, 3.8) is 0 Å². The fourth-order valence-corrected chi connectivity index (χ4v) is 5.36. The molecule has 0 saturated carbocycles. The molecule has 10 heteroatoms. The van der Waals surface area contributed by atoms with Crippen molar-refractivity contribution in [2.24, 2.45) is 0 Å². The number of anilines is 1. The highest BCUT2D eigenvalue weighted by Crippen LogP contribution is 2.21. The van der Waals surface area contributed by atoms with Gasteiger partial charge in [0.2, 0.25) is 21.8 Å². The molecular weight excluding hydrogens is 548 g/mol. The van der Waals surface area contributed by atoms with Crippen molar-refractivity contribution in [2.45, 2.75) is 58.2 Å². The van der Waals surface area contributed by atoms with Crippen LogP contribution >= 0.6 is 0 Å². The molecule has 41 heavy (non-hydrogen) atoms. The number of nitrogens with zero attached hydrogens (tertiary/aromatic N) is 2. The lowest BCUT2D eigenvalue weighted by molar-refractivity contribution is -0.141. The number of sulfonamides is 1. The van der Waals surface area contributed by atoms with Crippen LogP contribution in [0, 0.1) is 11.6 Å². The smallest absolute Gasteiger partial charge is 0.243 e. The minimum Gasteiger partial charge on any atom is -0.352 e. The van der Waals surface area contributed by atoms with Gasteiger partial charge in [0.15, 0.2) is 0 Å². The molecule has 1 N–H and O–H groups in total. The Balaban J connectivity index is 1.88. The second-order valence-corrected chi connectivity index (χ2v) is 12.0. The number of carbonyl (C=O) groups is 2. The average Bonchev–Trinajstić information content (AvgIpc) is 2.94. The van der Waals surface area contributed by atoms with Gasteiger partial charge in [0.25, 0.3) is 0 Å². The molecule has 0 spiro atoms. The number of rotatable bonds is 14. The van der Waals surface area contributed by atoms with Crippen LogP contribution in [0.5, 0.6) is 0 Å². The van der Waals surface area contributed by atoms with Crippen LogP contribution in [0.2, 0.25) is 0 Å². The third kappa shape index (κ3) is 9.67. The largest absolute Gasteiger partial charge is 0.352 e. The zero-order chi connectivity index (χ0) is 30.0. The molecule has 3 aromatic rings. The van der Waals surface area contributed by atoms with Gasteiger partial charge in [-0.15, -0.1) is 0 Å². The normalized spacial score (nSPS) is 12.8. The quantitative estimate of drug-likeness (QED) is 0.286. The van der Waals surface area contributed by atoms with E-state index in [0.29, 0.717) is 17.7 Å². The summed E-state index contributed by atoms with van der Waals surface area (Å²) >= 11 is 0. The molecule has 220 valence electrons. The fraction of sp³-hybridized carbons (Fsp3) is 0.355. The molecule has 0 saturated heterocycles. The highest BCUT2D eigenvalue weighted by atomic mass is 32.2. The van der Waals surface area contributed by atoms with Crippen LogP contribution in [0.4, 0.5) is 14.5 Å². The van der Waals surface area contributed by atoms with Crippen LogP contribution in [0.15, 0.2) is 78.9 Å². The highest BCUT2D eigenvalue weighted by Gasteiger charge is 2.31. The Labute approximate surface area is 241 Å². The van der Waals surface area contributed by atoms with Gasteiger partial charge in [-0.25, -0.2) is 17.2 Å². The zero-order valence-corrected chi connectivity index (χ0v) is 24.4. The Morgan fingerprint density at radius 1 is 0.878 bits per heavy atom. The second-order valence-electron chi connectivity index (χ2n) is 10.1.